The summed E-state index contributed by atoms with van der Waals surface area (Å²) in [7, 11) is 0. The maximum Gasteiger partial charge on any atom is 0.159 e. The predicted molar refractivity (Wildman–Crippen MR) is 66.6 cm³/mol. The number of carbonyl (C=O) groups excluding carboxylic acids is 1. The second-order valence-corrected chi connectivity index (χ2v) is 3.83. The fraction of sp³-hybridized carbons (Fsp3) is 0.0667. The Hall–Kier alpha value is -2.40. The first-order valence-electron chi connectivity index (χ1n) is 5.32. The van der Waals surface area contributed by atoms with Gasteiger partial charge in [0.2, 0.25) is 0 Å². The molecule has 0 spiro atoms. The minimum absolute atomic E-state index is 0.0577. The van der Waals surface area contributed by atoms with Gasteiger partial charge in [0.25, 0.3) is 0 Å². The number of benzene rings is 2. The summed E-state index contributed by atoms with van der Waals surface area (Å²) in [5.41, 5.74) is 3.33. The average Bonchev–Trinajstić information content (AvgIpc) is 2.39. The van der Waals surface area contributed by atoms with Crippen LogP contribution in [0.25, 0.3) is 11.1 Å². The molecule has 2 rings (SSSR count). The van der Waals surface area contributed by atoms with Gasteiger partial charge in [0.05, 0.1) is 11.6 Å². The highest BCUT2D eigenvalue weighted by molar-refractivity contribution is 5.94. The molecule has 0 heterocycles. The van der Waals surface area contributed by atoms with Gasteiger partial charge in [0.15, 0.2) is 5.78 Å². The maximum absolute atomic E-state index is 11.2. The third kappa shape index (κ3) is 2.40. The summed E-state index contributed by atoms with van der Waals surface area (Å²) in [6, 6.07) is 16.9. The van der Waals surface area contributed by atoms with Gasteiger partial charge in [-0.05, 0) is 30.2 Å². The molecule has 2 aromatic rings. The first-order chi connectivity index (χ1) is 8.20. The fourth-order valence-electron chi connectivity index (χ4n) is 1.67. The van der Waals surface area contributed by atoms with E-state index in [2.05, 4.69) is 6.07 Å². The second kappa shape index (κ2) is 4.63. The summed E-state index contributed by atoms with van der Waals surface area (Å²) in [4.78, 5) is 11.2. The number of ketones is 1. The van der Waals surface area contributed by atoms with Crippen LogP contribution in [0.4, 0.5) is 0 Å². The van der Waals surface area contributed by atoms with Gasteiger partial charge in [-0.2, -0.15) is 5.26 Å². The topological polar surface area (TPSA) is 40.9 Å². The van der Waals surface area contributed by atoms with E-state index in [-0.39, 0.29) is 5.78 Å². The Morgan fingerprint density at radius 2 is 1.76 bits per heavy atom. The molecule has 0 aliphatic carbocycles. The van der Waals surface area contributed by atoms with Crippen LogP contribution in [-0.2, 0) is 0 Å². The van der Waals surface area contributed by atoms with Gasteiger partial charge in [-0.25, -0.2) is 0 Å². The van der Waals surface area contributed by atoms with Crippen molar-refractivity contribution in [2.75, 3.05) is 0 Å². The van der Waals surface area contributed by atoms with Crippen molar-refractivity contribution >= 4 is 5.78 Å². The van der Waals surface area contributed by atoms with Crippen LogP contribution >= 0.6 is 0 Å². The highest BCUT2D eigenvalue weighted by Crippen LogP contribution is 2.20. The predicted octanol–water partition coefficient (Wildman–Crippen LogP) is 3.43. The fourth-order valence-corrected chi connectivity index (χ4v) is 1.67. The third-order valence-electron chi connectivity index (χ3n) is 2.62. The van der Waals surface area contributed by atoms with Crippen LogP contribution in [0, 0.1) is 11.3 Å². The van der Waals surface area contributed by atoms with Crippen molar-refractivity contribution < 1.29 is 4.79 Å². The minimum atomic E-state index is 0.0577. The first kappa shape index (κ1) is 11.1. The van der Waals surface area contributed by atoms with Gasteiger partial charge < -0.3 is 0 Å². The molecule has 2 aromatic carbocycles. The molecule has 17 heavy (non-hydrogen) atoms. The van der Waals surface area contributed by atoms with Gasteiger partial charge >= 0.3 is 0 Å². The monoisotopic (exact) mass is 221 g/mol. The Morgan fingerprint density at radius 1 is 1.06 bits per heavy atom. The molecule has 2 nitrogen and oxygen atoms in total. The number of Topliss-reactive ketones (excluding diaryl/α,β-unsaturated/α-hetero) is 1. The summed E-state index contributed by atoms with van der Waals surface area (Å²) < 4.78 is 0. The van der Waals surface area contributed by atoms with Crippen molar-refractivity contribution in [1.82, 2.24) is 0 Å². The van der Waals surface area contributed by atoms with E-state index in [9.17, 15) is 4.79 Å². The van der Waals surface area contributed by atoms with Gasteiger partial charge in [0, 0.05) is 5.56 Å². The molecule has 0 aromatic heterocycles. The van der Waals surface area contributed by atoms with Crippen molar-refractivity contribution in [3.05, 3.63) is 59.7 Å². The molecule has 0 atom stereocenters. The summed E-state index contributed by atoms with van der Waals surface area (Å²) in [5, 5.41) is 8.83. The Balaban J connectivity index is 2.40. The molecular formula is C15H11NO. The molecule has 0 bridgehead atoms. The van der Waals surface area contributed by atoms with Crippen LogP contribution in [0.5, 0.6) is 0 Å². The molecule has 0 saturated carbocycles. The van der Waals surface area contributed by atoms with Gasteiger partial charge in [0.1, 0.15) is 0 Å². The van der Waals surface area contributed by atoms with E-state index in [0.29, 0.717) is 11.1 Å². The molecule has 0 radical (unpaired) electrons. The lowest BCUT2D eigenvalue weighted by Crippen LogP contribution is -1.90. The van der Waals surface area contributed by atoms with E-state index < -0.39 is 0 Å². The highest BCUT2D eigenvalue weighted by Gasteiger charge is 2.01. The van der Waals surface area contributed by atoms with Gasteiger partial charge in [-0.15, -0.1) is 0 Å². The standard InChI is InChI=1S/C15H11NO/c1-11(17)13-5-7-14(8-6-13)15-4-2-3-12(9-15)10-16/h2-9H,1H3. The van der Waals surface area contributed by atoms with E-state index in [1.165, 1.54) is 0 Å². The second-order valence-electron chi connectivity index (χ2n) is 3.83. The molecule has 0 unspecified atom stereocenters. The number of nitriles is 1. The molecule has 0 N–H and O–H groups in total. The highest BCUT2D eigenvalue weighted by atomic mass is 16.1. The molecule has 0 aliphatic heterocycles. The van der Waals surface area contributed by atoms with Gasteiger partial charge in [-0.1, -0.05) is 36.4 Å². The zero-order chi connectivity index (χ0) is 12.3. The summed E-state index contributed by atoms with van der Waals surface area (Å²) >= 11 is 0. The first-order valence-corrected chi connectivity index (χ1v) is 5.32. The van der Waals surface area contributed by atoms with Crippen LogP contribution in [0.15, 0.2) is 48.5 Å². The Labute approximate surface area is 100 Å². The molecule has 0 aliphatic rings. The molecule has 0 saturated heterocycles. The lowest BCUT2D eigenvalue weighted by molar-refractivity contribution is 0.101. The SMILES string of the molecule is CC(=O)c1ccc(-c2cccc(C#N)c2)cc1. The smallest absolute Gasteiger partial charge is 0.159 e. The van der Waals surface area contributed by atoms with E-state index in [4.69, 9.17) is 5.26 Å². The summed E-state index contributed by atoms with van der Waals surface area (Å²) in [5.74, 6) is 0.0577. The average molecular weight is 221 g/mol. The zero-order valence-corrected chi connectivity index (χ0v) is 9.47. The van der Waals surface area contributed by atoms with Crippen molar-refractivity contribution in [1.29, 1.82) is 5.26 Å². The van der Waals surface area contributed by atoms with Gasteiger partial charge in [-0.3, -0.25) is 4.79 Å². The van der Waals surface area contributed by atoms with Crippen LogP contribution in [0.3, 0.4) is 0 Å². The number of rotatable bonds is 2. The normalized spacial score (nSPS) is 9.65. The Morgan fingerprint density at radius 3 is 2.35 bits per heavy atom. The molecule has 2 heteroatoms. The minimum Gasteiger partial charge on any atom is -0.295 e. The lowest BCUT2D eigenvalue weighted by Gasteiger charge is -2.03. The van der Waals surface area contributed by atoms with E-state index in [1.54, 1.807) is 25.1 Å². The Bertz CT molecular complexity index is 591. The molecule has 0 fully saturated rings. The van der Waals surface area contributed by atoms with Crippen LogP contribution in [0.2, 0.25) is 0 Å². The van der Waals surface area contributed by atoms with Crippen LogP contribution < -0.4 is 0 Å². The molecular weight excluding hydrogens is 210 g/mol. The van der Waals surface area contributed by atoms with Crippen LogP contribution in [0.1, 0.15) is 22.8 Å². The van der Waals surface area contributed by atoms with E-state index in [1.807, 2.05) is 30.3 Å². The molecule has 82 valence electrons. The Kier molecular flexibility index (Phi) is 3.02. The lowest BCUT2D eigenvalue weighted by atomic mass is 10.0. The quantitative estimate of drug-likeness (QED) is 0.729. The van der Waals surface area contributed by atoms with Crippen LogP contribution in [-0.4, -0.2) is 5.78 Å². The number of hydrogen-bond donors (Lipinski definition) is 0. The van der Waals surface area contributed by atoms with E-state index in [0.717, 1.165) is 11.1 Å². The largest absolute Gasteiger partial charge is 0.295 e. The van der Waals surface area contributed by atoms with Crippen molar-refractivity contribution in [2.24, 2.45) is 0 Å². The summed E-state index contributed by atoms with van der Waals surface area (Å²) in [6.45, 7) is 1.55. The number of carbonyl (C=O) groups is 1. The summed E-state index contributed by atoms with van der Waals surface area (Å²) in [6.07, 6.45) is 0. The number of nitrogens with zero attached hydrogens (tertiary/aromatic N) is 1. The van der Waals surface area contributed by atoms with Crippen molar-refractivity contribution in [3.63, 3.8) is 0 Å². The maximum atomic E-state index is 11.2. The van der Waals surface area contributed by atoms with Crippen molar-refractivity contribution in [3.8, 4) is 17.2 Å². The number of hydrogen-bond acceptors (Lipinski definition) is 2. The van der Waals surface area contributed by atoms with E-state index >= 15 is 0 Å². The zero-order valence-electron chi connectivity index (χ0n) is 9.47. The third-order valence-corrected chi connectivity index (χ3v) is 2.62. The van der Waals surface area contributed by atoms with Crippen molar-refractivity contribution in [2.45, 2.75) is 6.92 Å². The molecule has 0 amide bonds.